The molecule has 0 spiro atoms. The number of hydrogen-bond donors (Lipinski definition) is 0. The fourth-order valence-corrected chi connectivity index (χ4v) is 3.29. The fraction of sp³-hybridized carbons (Fsp3) is 0.500. The van der Waals surface area contributed by atoms with Gasteiger partial charge in [-0.25, -0.2) is 4.39 Å². The summed E-state index contributed by atoms with van der Waals surface area (Å²) in [5.74, 6) is -2.00. The highest BCUT2D eigenvalue weighted by atomic mass is 19.2. The Morgan fingerprint density at radius 2 is 1.43 bits per heavy atom. The maximum absolute atomic E-state index is 14.3. The number of aryl methyl sites for hydroxylation is 1. The maximum Gasteiger partial charge on any atom is 0.202 e. The van der Waals surface area contributed by atoms with Crippen molar-refractivity contribution in [2.24, 2.45) is 4.99 Å². The molecule has 4 heteroatoms. The topological polar surface area (TPSA) is 21.6 Å². The average Bonchev–Trinajstić information content (AvgIpc) is 2.76. The summed E-state index contributed by atoms with van der Waals surface area (Å²) in [6.07, 6.45) is 13.2. The minimum atomic E-state index is -0.976. The number of halogens is 2. The van der Waals surface area contributed by atoms with Crippen LogP contribution in [-0.4, -0.2) is 12.8 Å². The summed E-state index contributed by atoms with van der Waals surface area (Å²) in [6.45, 7) is 4.70. The van der Waals surface area contributed by atoms with Crippen LogP contribution in [0.2, 0.25) is 0 Å². The first-order valence-electron chi connectivity index (χ1n) is 11.4. The van der Waals surface area contributed by atoms with Gasteiger partial charge in [-0.3, -0.25) is 4.99 Å². The van der Waals surface area contributed by atoms with Crippen LogP contribution in [0, 0.1) is 11.6 Å². The Balaban J connectivity index is 1.87. The third-order valence-corrected chi connectivity index (χ3v) is 5.18. The zero-order valence-corrected chi connectivity index (χ0v) is 18.4. The predicted molar refractivity (Wildman–Crippen MR) is 122 cm³/mol. The molecule has 2 nitrogen and oxygen atoms in total. The van der Waals surface area contributed by atoms with Crippen LogP contribution in [0.5, 0.6) is 5.75 Å². The number of ether oxygens (including phenoxy) is 1. The summed E-state index contributed by atoms with van der Waals surface area (Å²) in [4.78, 5) is 4.13. The Morgan fingerprint density at radius 3 is 2.17 bits per heavy atom. The molecule has 0 amide bonds. The Morgan fingerprint density at radius 1 is 0.767 bits per heavy atom. The summed E-state index contributed by atoms with van der Waals surface area (Å²) in [6, 6.07) is 11.0. The van der Waals surface area contributed by atoms with Gasteiger partial charge >= 0.3 is 0 Å². The highest BCUT2D eigenvalue weighted by Crippen LogP contribution is 2.28. The molecule has 0 unspecified atom stereocenters. The second-order valence-electron chi connectivity index (χ2n) is 7.78. The minimum absolute atomic E-state index is 0.0236. The van der Waals surface area contributed by atoms with E-state index in [2.05, 4.69) is 31.0 Å². The van der Waals surface area contributed by atoms with E-state index in [4.69, 9.17) is 4.74 Å². The molecule has 30 heavy (non-hydrogen) atoms. The monoisotopic (exact) mass is 415 g/mol. The highest BCUT2D eigenvalue weighted by molar-refractivity contribution is 5.82. The molecule has 164 valence electrons. The van der Waals surface area contributed by atoms with E-state index in [0.717, 1.165) is 31.2 Å². The number of nitrogens with zero attached hydrogens (tertiary/aromatic N) is 1. The molecule has 0 saturated heterocycles. The third kappa shape index (κ3) is 8.25. The normalized spacial score (nSPS) is 11.3. The van der Waals surface area contributed by atoms with Crippen molar-refractivity contribution in [3.63, 3.8) is 0 Å². The molecule has 2 aromatic carbocycles. The molecule has 0 heterocycles. The summed E-state index contributed by atoms with van der Waals surface area (Å²) in [5, 5.41) is 0. The highest BCUT2D eigenvalue weighted by Gasteiger charge is 2.13. The Bertz CT molecular complexity index is 771. The SMILES string of the molecule is CCCCCCCCc1ccc(C=Nc2ccc(OCCCCC)c(F)c2F)cc1. The van der Waals surface area contributed by atoms with Crippen LogP contribution in [0.1, 0.15) is 82.8 Å². The van der Waals surface area contributed by atoms with Crippen LogP contribution in [0.15, 0.2) is 41.4 Å². The van der Waals surface area contributed by atoms with E-state index >= 15 is 0 Å². The average molecular weight is 416 g/mol. The van der Waals surface area contributed by atoms with Gasteiger partial charge in [0.15, 0.2) is 11.6 Å². The lowest BCUT2D eigenvalue weighted by Crippen LogP contribution is -2.00. The third-order valence-electron chi connectivity index (χ3n) is 5.18. The molecule has 0 atom stereocenters. The fourth-order valence-electron chi connectivity index (χ4n) is 3.29. The van der Waals surface area contributed by atoms with Crippen molar-refractivity contribution < 1.29 is 13.5 Å². The lowest BCUT2D eigenvalue weighted by molar-refractivity contribution is 0.286. The van der Waals surface area contributed by atoms with Gasteiger partial charge in [-0.15, -0.1) is 0 Å². The van der Waals surface area contributed by atoms with Crippen LogP contribution in [0.25, 0.3) is 0 Å². The van der Waals surface area contributed by atoms with Gasteiger partial charge in [-0.1, -0.05) is 83.1 Å². The molecule has 2 aromatic rings. The van der Waals surface area contributed by atoms with Crippen molar-refractivity contribution >= 4 is 11.9 Å². The van der Waals surface area contributed by atoms with Crippen LogP contribution in [0.3, 0.4) is 0 Å². The van der Waals surface area contributed by atoms with Gasteiger partial charge in [0, 0.05) is 6.21 Å². The van der Waals surface area contributed by atoms with Crippen molar-refractivity contribution in [1.82, 2.24) is 0 Å². The quantitative estimate of drug-likeness (QED) is 0.225. The van der Waals surface area contributed by atoms with Crippen LogP contribution < -0.4 is 4.74 Å². The lowest BCUT2D eigenvalue weighted by Gasteiger charge is -2.08. The second-order valence-corrected chi connectivity index (χ2v) is 7.78. The van der Waals surface area contributed by atoms with Crippen LogP contribution >= 0.6 is 0 Å². The van der Waals surface area contributed by atoms with Gasteiger partial charge in [0.25, 0.3) is 0 Å². The van der Waals surface area contributed by atoms with E-state index in [9.17, 15) is 8.78 Å². The second kappa shape index (κ2) is 13.9. The molecular weight excluding hydrogens is 380 g/mol. The number of hydrogen-bond acceptors (Lipinski definition) is 2. The maximum atomic E-state index is 14.3. The summed E-state index contributed by atoms with van der Waals surface area (Å²) >= 11 is 0. The number of unbranched alkanes of at least 4 members (excludes halogenated alkanes) is 7. The predicted octanol–water partition coefficient (Wildman–Crippen LogP) is 8.19. The Labute approximate surface area is 180 Å². The van der Waals surface area contributed by atoms with Crippen molar-refractivity contribution in [3.05, 3.63) is 59.2 Å². The van der Waals surface area contributed by atoms with E-state index < -0.39 is 11.6 Å². The molecule has 0 saturated carbocycles. The molecule has 0 bridgehead atoms. The van der Waals surface area contributed by atoms with Crippen molar-refractivity contribution in [2.45, 2.75) is 78.1 Å². The molecule has 0 aromatic heterocycles. The first-order valence-corrected chi connectivity index (χ1v) is 11.4. The van der Waals surface area contributed by atoms with E-state index in [-0.39, 0.29) is 11.4 Å². The first-order chi connectivity index (χ1) is 14.7. The molecule has 0 aliphatic carbocycles. The van der Waals surface area contributed by atoms with E-state index in [1.807, 2.05) is 12.1 Å². The number of rotatable bonds is 14. The molecule has 0 radical (unpaired) electrons. The van der Waals surface area contributed by atoms with Gasteiger partial charge in [0.2, 0.25) is 5.82 Å². The molecular formula is C26H35F2NO. The standard InChI is InChI=1S/C26H35F2NO/c1-3-5-7-8-9-10-12-21-13-15-22(16-14-21)20-29-23-17-18-24(26(28)25(23)27)30-19-11-6-4-2/h13-18,20H,3-12,19H2,1-2H3. The van der Waals surface area contributed by atoms with E-state index in [1.54, 1.807) is 6.21 Å². The van der Waals surface area contributed by atoms with Crippen molar-refractivity contribution in [2.75, 3.05) is 6.61 Å². The van der Waals surface area contributed by atoms with Crippen LogP contribution in [0.4, 0.5) is 14.5 Å². The molecule has 0 aliphatic rings. The van der Waals surface area contributed by atoms with E-state index in [0.29, 0.717) is 6.61 Å². The smallest absolute Gasteiger partial charge is 0.202 e. The first kappa shape index (κ1) is 24.0. The van der Waals surface area contributed by atoms with Crippen LogP contribution in [-0.2, 0) is 6.42 Å². The zero-order chi connectivity index (χ0) is 21.6. The Hall–Kier alpha value is -2.23. The van der Waals surface area contributed by atoms with Gasteiger partial charge in [0.05, 0.1) is 6.61 Å². The summed E-state index contributed by atoms with van der Waals surface area (Å²) in [7, 11) is 0. The van der Waals surface area contributed by atoms with Gasteiger partial charge in [-0.2, -0.15) is 4.39 Å². The minimum Gasteiger partial charge on any atom is -0.490 e. The van der Waals surface area contributed by atoms with Gasteiger partial charge in [-0.05, 0) is 42.5 Å². The number of aliphatic imine (C=N–C) groups is 1. The van der Waals surface area contributed by atoms with E-state index in [1.165, 1.54) is 56.2 Å². The Kier molecular flexibility index (Phi) is 11.1. The molecule has 0 aliphatic heterocycles. The summed E-state index contributed by atoms with van der Waals surface area (Å²) in [5.41, 5.74) is 2.13. The lowest BCUT2D eigenvalue weighted by atomic mass is 10.0. The van der Waals surface area contributed by atoms with Gasteiger partial charge in [0.1, 0.15) is 5.69 Å². The van der Waals surface area contributed by atoms with Crippen molar-refractivity contribution in [3.8, 4) is 5.75 Å². The largest absolute Gasteiger partial charge is 0.490 e. The van der Waals surface area contributed by atoms with Gasteiger partial charge < -0.3 is 4.74 Å². The molecule has 2 rings (SSSR count). The summed E-state index contributed by atoms with van der Waals surface area (Å²) < 4.78 is 33.8. The molecule has 0 N–H and O–H groups in total. The zero-order valence-electron chi connectivity index (χ0n) is 18.4. The van der Waals surface area contributed by atoms with Crippen molar-refractivity contribution in [1.29, 1.82) is 0 Å². The number of benzene rings is 2. The molecule has 0 fully saturated rings.